The van der Waals surface area contributed by atoms with Crippen LogP contribution in [-0.4, -0.2) is 51.5 Å². The fourth-order valence-electron chi connectivity index (χ4n) is 4.72. The van der Waals surface area contributed by atoms with E-state index in [1.54, 1.807) is 24.3 Å². The second-order valence-electron chi connectivity index (χ2n) is 12.5. The standard InChI is InChI=1S/C31H34F3N5O5Si/c1-30(2,3)45(4,5)43-17-19-12-21(31(32,33)34)15-22(13-19)37-28(40)39-11-8-20-14-23(6-7-26(20)39)44-27-24-9-10-38(29(41)42)16-25(24)35-18-36-27/h6-8,11-15,18H,9-10,16-17H2,1-5H3,(H,37,40)(H,41,42). The lowest BCUT2D eigenvalue weighted by molar-refractivity contribution is -0.137. The zero-order valence-corrected chi connectivity index (χ0v) is 26.5. The van der Waals surface area contributed by atoms with Crippen molar-refractivity contribution in [2.24, 2.45) is 0 Å². The average molecular weight is 642 g/mol. The number of carbonyl (C=O) groups excluding carboxylic acids is 1. The van der Waals surface area contributed by atoms with Gasteiger partial charge in [0.2, 0.25) is 5.88 Å². The van der Waals surface area contributed by atoms with Gasteiger partial charge in [0.25, 0.3) is 0 Å². The van der Waals surface area contributed by atoms with E-state index in [4.69, 9.17) is 9.16 Å². The number of rotatable bonds is 6. The van der Waals surface area contributed by atoms with Gasteiger partial charge < -0.3 is 24.5 Å². The van der Waals surface area contributed by atoms with Crippen molar-refractivity contribution in [3.05, 3.63) is 77.4 Å². The summed E-state index contributed by atoms with van der Waals surface area (Å²) < 4.78 is 54.8. The van der Waals surface area contributed by atoms with Gasteiger partial charge in [-0.25, -0.2) is 19.6 Å². The second-order valence-corrected chi connectivity index (χ2v) is 17.3. The maximum Gasteiger partial charge on any atom is 0.416 e. The minimum Gasteiger partial charge on any atom is -0.465 e. The van der Waals surface area contributed by atoms with E-state index in [9.17, 15) is 27.9 Å². The number of amides is 2. The smallest absolute Gasteiger partial charge is 0.416 e. The number of benzene rings is 2. The Balaban J connectivity index is 1.35. The maximum absolute atomic E-state index is 13.8. The van der Waals surface area contributed by atoms with Gasteiger partial charge in [-0.05, 0) is 72.6 Å². The molecule has 1 aliphatic heterocycles. The molecule has 10 nitrogen and oxygen atoms in total. The van der Waals surface area contributed by atoms with Crippen LogP contribution in [0.4, 0.5) is 28.4 Å². The molecule has 0 aliphatic carbocycles. The Hall–Kier alpha value is -4.43. The van der Waals surface area contributed by atoms with Gasteiger partial charge >= 0.3 is 18.3 Å². The topological polar surface area (TPSA) is 119 Å². The van der Waals surface area contributed by atoms with Crippen LogP contribution in [0, 0.1) is 0 Å². The number of nitrogens with zero attached hydrogens (tertiary/aromatic N) is 4. The van der Waals surface area contributed by atoms with E-state index in [0.717, 1.165) is 17.7 Å². The molecule has 14 heteroatoms. The van der Waals surface area contributed by atoms with Gasteiger partial charge in [-0.1, -0.05) is 20.8 Å². The molecule has 3 heterocycles. The Morgan fingerprint density at radius 3 is 2.51 bits per heavy atom. The van der Waals surface area contributed by atoms with Crippen LogP contribution in [0.3, 0.4) is 0 Å². The number of carbonyl (C=O) groups is 2. The van der Waals surface area contributed by atoms with Gasteiger partial charge in [-0.15, -0.1) is 0 Å². The number of hydrogen-bond donors (Lipinski definition) is 2. The van der Waals surface area contributed by atoms with Gasteiger partial charge in [0.1, 0.15) is 12.1 Å². The lowest BCUT2D eigenvalue weighted by Crippen LogP contribution is -2.40. The van der Waals surface area contributed by atoms with Gasteiger partial charge in [-0.2, -0.15) is 13.2 Å². The van der Waals surface area contributed by atoms with Crippen LogP contribution < -0.4 is 10.1 Å². The van der Waals surface area contributed by atoms with Gasteiger partial charge in [0.15, 0.2) is 8.32 Å². The Morgan fingerprint density at radius 1 is 1.07 bits per heavy atom. The summed E-state index contributed by atoms with van der Waals surface area (Å²) in [5, 5.41) is 12.4. The molecule has 0 unspecified atom stereocenters. The van der Waals surface area contributed by atoms with E-state index in [1.165, 1.54) is 28.1 Å². The number of aromatic nitrogens is 3. The molecular formula is C31H34F3N5O5Si. The summed E-state index contributed by atoms with van der Waals surface area (Å²) in [6.07, 6.45) is -2.40. The van der Waals surface area contributed by atoms with Crippen LogP contribution in [0.25, 0.3) is 10.9 Å². The van der Waals surface area contributed by atoms with Crippen molar-refractivity contribution in [3.63, 3.8) is 0 Å². The Morgan fingerprint density at radius 2 is 1.82 bits per heavy atom. The third-order valence-corrected chi connectivity index (χ3v) is 12.8. The normalized spacial score (nSPS) is 13.9. The predicted octanol–water partition coefficient (Wildman–Crippen LogP) is 7.88. The molecule has 0 saturated carbocycles. The van der Waals surface area contributed by atoms with Crippen LogP contribution in [0.1, 0.15) is 43.2 Å². The third kappa shape index (κ3) is 6.96. The molecular weight excluding hydrogens is 607 g/mol. The molecule has 45 heavy (non-hydrogen) atoms. The molecule has 2 aromatic carbocycles. The summed E-state index contributed by atoms with van der Waals surface area (Å²) in [7, 11) is -2.23. The van der Waals surface area contributed by atoms with Crippen LogP contribution in [0.15, 0.2) is 55.0 Å². The van der Waals surface area contributed by atoms with E-state index < -0.39 is 32.2 Å². The minimum absolute atomic E-state index is 0.000425. The summed E-state index contributed by atoms with van der Waals surface area (Å²) in [6.45, 7) is 10.6. The Bertz CT molecular complexity index is 1770. The van der Waals surface area contributed by atoms with E-state index in [2.05, 4.69) is 15.3 Å². The third-order valence-electron chi connectivity index (χ3n) is 8.31. The molecule has 5 rings (SSSR count). The molecule has 0 saturated heterocycles. The Kier molecular flexibility index (Phi) is 8.40. The molecule has 238 valence electrons. The fraction of sp³-hybridized carbons (Fsp3) is 0.355. The number of fused-ring (bicyclic) bond motifs is 2. The number of ether oxygens (including phenoxy) is 1. The van der Waals surface area contributed by atoms with Crippen LogP contribution in [0.5, 0.6) is 11.6 Å². The van der Waals surface area contributed by atoms with E-state index in [1.807, 2.05) is 33.9 Å². The molecule has 4 aromatic rings. The highest BCUT2D eigenvalue weighted by molar-refractivity contribution is 6.74. The van der Waals surface area contributed by atoms with Gasteiger partial charge in [0.05, 0.1) is 29.9 Å². The van der Waals surface area contributed by atoms with Crippen LogP contribution in [0.2, 0.25) is 18.1 Å². The molecule has 2 N–H and O–H groups in total. The van der Waals surface area contributed by atoms with Crippen LogP contribution in [-0.2, 0) is 30.2 Å². The van der Waals surface area contributed by atoms with Crippen molar-refractivity contribution in [1.82, 2.24) is 19.4 Å². The molecule has 0 radical (unpaired) electrons. The summed E-state index contributed by atoms with van der Waals surface area (Å²) in [5.41, 5.74) is 1.24. The van der Waals surface area contributed by atoms with E-state index >= 15 is 0 Å². The maximum atomic E-state index is 13.8. The molecule has 1 aliphatic rings. The lowest BCUT2D eigenvalue weighted by Gasteiger charge is -2.36. The number of nitrogens with one attached hydrogen (secondary N) is 1. The van der Waals surface area contributed by atoms with Crippen LogP contribution >= 0.6 is 0 Å². The van der Waals surface area contributed by atoms with Crippen molar-refractivity contribution in [1.29, 1.82) is 0 Å². The monoisotopic (exact) mass is 641 g/mol. The predicted molar refractivity (Wildman–Crippen MR) is 164 cm³/mol. The van der Waals surface area contributed by atoms with Crippen molar-refractivity contribution in [2.75, 3.05) is 11.9 Å². The fourth-order valence-corrected chi connectivity index (χ4v) is 5.68. The lowest BCUT2D eigenvalue weighted by atomic mass is 10.1. The minimum atomic E-state index is -4.61. The summed E-state index contributed by atoms with van der Waals surface area (Å²) in [6, 6.07) is 9.52. The highest BCUT2D eigenvalue weighted by atomic mass is 28.4. The first-order valence-corrected chi connectivity index (χ1v) is 17.2. The first-order valence-electron chi connectivity index (χ1n) is 14.3. The molecule has 0 fully saturated rings. The van der Waals surface area contributed by atoms with E-state index in [-0.39, 0.29) is 23.9 Å². The number of halogens is 3. The average Bonchev–Trinajstić information content (AvgIpc) is 3.38. The highest BCUT2D eigenvalue weighted by Gasteiger charge is 2.37. The van der Waals surface area contributed by atoms with Crippen molar-refractivity contribution >= 4 is 37.0 Å². The van der Waals surface area contributed by atoms with Crippen molar-refractivity contribution in [3.8, 4) is 11.6 Å². The summed E-state index contributed by atoms with van der Waals surface area (Å²) in [4.78, 5) is 34.3. The number of anilines is 1. The molecule has 0 bridgehead atoms. The van der Waals surface area contributed by atoms with Crippen molar-refractivity contribution < 1.29 is 37.0 Å². The largest absolute Gasteiger partial charge is 0.465 e. The molecule has 0 atom stereocenters. The quantitative estimate of drug-likeness (QED) is 0.206. The number of carboxylic acid groups (broad SMARTS) is 1. The van der Waals surface area contributed by atoms with Crippen molar-refractivity contribution in [2.45, 2.75) is 64.7 Å². The molecule has 2 amide bonds. The summed E-state index contributed by atoms with van der Waals surface area (Å²) in [5.74, 6) is 0.755. The molecule has 2 aromatic heterocycles. The molecule has 0 spiro atoms. The zero-order chi connectivity index (χ0) is 32.7. The van der Waals surface area contributed by atoms with Gasteiger partial charge in [0, 0.05) is 29.4 Å². The van der Waals surface area contributed by atoms with E-state index in [0.29, 0.717) is 46.8 Å². The SMILES string of the molecule is CC(C)(C)[Si](C)(C)OCc1cc(NC(=O)n2ccc3cc(Oc4ncnc5c4CCN(C(=O)O)C5)ccc32)cc(C(F)(F)F)c1. The first kappa shape index (κ1) is 32.0. The Labute approximate surface area is 258 Å². The van der Waals surface area contributed by atoms with Gasteiger partial charge in [-0.3, -0.25) is 4.57 Å². The second kappa shape index (κ2) is 11.8. The number of hydrogen-bond acceptors (Lipinski definition) is 6. The summed E-state index contributed by atoms with van der Waals surface area (Å²) >= 11 is 0. The first-order chi connectivity index (χ1) is 21.0. The highest BCUT2D eigenvalue weighted by Crippen LogP contribution is 2.38. The zero-order valence-electron chi connectivity index (χ0n) is 25.5. The number of alkyl halides is 3.